The zero-order chi connectivity index (χ0) is 19.6. The molecule has 0 aromatic heterocycles. The van der Waals surface area contributed by atoms with E-state index in [0.717, 1.165) is 4.90 Å². The fraction of sp³-hybridized carbons (Fsp3) is 0.211. The Balaban J connectivity index is 1.87. The van der Waals surface area contributed by atoms with Crippen LogP contribution in [0, 0.1) is 0 Å². The van der Waals surface area contributed by atoms with Crippen molar-refractivity contribution in [3.63, 3.8) is 0 Å². The molecule has 2 aromatic rings. The van der Waals surface area contributed by atoms with Crippen molar-refractivity contribution in [1.82, 2.24) is 5.06 Å². The molecule has 0 saturated carbocycles. The van der Waals surface area contributed by atoms with Crippen molar-refractivity contribution in [3.05, 3.63) is 65.2 Å². The number of nitrogens with zero attached hydrogens (tertiary/aromatic N) is 2. The number of halogens is 1. The minimum atomic E-state index is -1.17. The molecule has 2 N–H and O–H groups in total. The maximum Gasteiger partial charge on any atom is 0.305 e. The lowest BCUT2D eigenvalue weighted by Gasteiger charge is -2.29. The second kappa shape index (κ2) is 7.87. The molecule has 1 aliphatic heterocycles. The molecule has 140 valence electrons. The minimum Gasteiger partial charge on any atom is -0.481 e. The van der Waals surface area contributed by atoms with Gasteiger partial charge in [0.05, 0.1) is 24.6 Å². The van der Waals surface area contributed by atoms with Crippen molar-refractivity contribution >= 4 is 35.1 Å². The van der Waals surface area contributed by atoms with Crippen LogP contribution in [0.5, 0.6) is 0 Å². The van der Waals surface area contributed by atoms with Gasteiger partial charge in [0, 0.05) is 5.02 Å². The fourth-order valence-corrected chi connectivity index (χ4v) is 3.23. The lowest BCUT2D eigenvalue weighted by Crippen LogP contribution is -2.42. The quantitative estimate of drug-likeness (QED) is 0.583. The third-order valence-corrected chi connectivity index (χ3v) is 4.65. The first kappa shape index (κ1) is 19.0. The van der Waals surface area contributed by atoms with E-state index in [-0.39, 0.29) is 6.42 Å². The summed E-state index contributed by atoms with van der Waals surface area (Å²) in [6.07, 6.45) is -0.666. The van der Waals surface area contributed by atoms with Gasteiger partial charge in [-0.3, -0.25) is 14.4 Å². The molecule has 2 atom stereocenters. The number of imide groups is 1. The van der Waals surface area contributed by atoms with Gasteiger partial charge < -0.3 is 10.3 Å². The predicted octanol–water partition coefficient (Wildman–Crippen LogP) is 2.88. The first-order chi connectivity index (χ1) is 12.9. The van der Waals surface area contributed by atoms with Crippen LogP contribution in [0.2, 0.25) is 5.02 Å². The molecule has 7 nitrogen and oxygen atoms in total. The van der Waals surface area contributed by atoms with Gasteiger partial charge in [-0.15, -0.1) is 0 Å². The number of amides is 2. The maximum atomic E-state index is 12.8. The zero-order valence-electron chi connectivity index (χ0n) is 14.2. The van der Waals surface area contributed by atoms with Gasteiger partial charge in [0.1, 0.15) is 6.04 Å². The summed E-state index contributed by atoms with van der Waals surface area (Å²) in [6, 6.07) is 12.5. The van der Waals surface area contributed by atoms with E-state index in [1.165, 1.54) is 12.1 Å². The number of hydroxylamine groups is 2. The van der Waals surface area contributed by atoms with Crippen molar-refractivity contribution in [3.8, 4) is 0 Å². The number of hydrogen-bond donors (Lipinski definition) is 2. The Labute approximate surface area is 160 Å². The molecule has 0 aliphatic carbocycles. The average Bonchev–Trinajstić information content (AvgIpc) is 2.95. The van der Waals surface area contributed by atoms with E-state index < -0.39 is 36.3 Å². The molecule has 1 fully saturated rings. The summed E-state index contributed by atoms with van der Waals surface area (Å²) >= 11 is 5.84. The number of carbonyl (C=O) groups is 3. The van der Waals surface area contributed by atoms with Gasteiger partial charge in [-0.2, -0.15) is 5.06 Å². The van der Waals surface area contributed by atoms with Gasteiger partial charge in [0.25, 0.3) is 5.91 Å². The fourth-order valence-electron chi connectivity index (χ4n) is 3.11. The molecule has 1 aliphatic rings. The topological polar surface area (TPSA) is 98.2 Å². The summed E-state index contributed by atoms with van der Waals surface area (Å²) in [6.45, 7) is 0. The summed E-state index contributed by atoms with van der Waals surface area (Å²) in [5, 5.41) is 21.0. The number of rotatable bonds is 6. The highest BCUT2D eigenvalue weighted by Gasteiger charge is 2.45. The second-order valence-corrected chi connectivity index (χ2v) is 6.60. The van der Waals surface area contributed by atoms with E-state index in [1.807, 2.05) is 0 Å². The van der Waals surface area contributed by atoms with Gasteiger partial charge in [-0.05, 0) is 29.8 Å². The number of anilines is 1. The van der Waals surface area contributed by atoms with Crippen LogP contribution in [0.1, 0.15) is 24.4 Å². The van der Waals surface area contributed by atoms with Crippen LogP contribution in [-0.2, 0) is 14.4 Å². The van der Waals surface area contributed by atoms with Crippen LogP contribution < -0.4 is 4.90 Å². The highest BCUT2D eigenvalue weighted by Crippen LogP contribution is 2.31. The van der Waals surface area contributed by atoms with Crippen LogP contribution in [0.3, 0.4) is 0 Å². The van der Waals surface area contributed by atoms with E-state index in [9.17, 15) is 24.7 Å². The summed E-state index contributed by atoms with van der Waals surface area (Å²) in [4.78, 5) is 37.4. The molecule has 0 spiro atoms. The number of carboxylic acids is 1. The maximum absolute atomic E-state index is 12.8. The van der Waals surface area contributed by atoms with Crippen molar-refractivity contribution in [1.29, 1.82) is 0 Å². The Kier molecular flexibility index (Phi) is 5.55. The van der Waals surface area contributed by atoms with Gasteiger partial charge in [0.2, 0.25) is 5.91 Å². The number of aliphatic carboxylic acids is 1. The van der Waals surface area contributed by atoms with Crippen LogP contribution in [-0.4, -0.2) is 39.2 Å². The number of hydrogen-bond acceptors (Lipinski definition) is 5. The second-order valence-electron chi connectivity index (χ2n) is 6.17. The molecule has 2 amide bonds. The Bertz CT molecular complexity index is 856. The van der Waals surface area contributed by atoms with Gasteiger partial charge in [0.15, 0.2) is 0 Å². The van der Waals surface area contributed by atoms with Crippen molar-refractivity contribution in [2.75, 3.05) is 4.90 Å². The standard InChI is InChI=1S/C19H17ClN2O5/c20-13-6-8-14(9-7-13)21-17(23)10-16(19(21)26)22(27)15(11-18(24)25)12-4-2-1-3-5-12/h1-9,15-16,27H,10-11H2,(H,24,25). The smallest absolute Gasteiger partial charge is 0.305 e. The summed E-state index contributed by atoms with van der Waals surface area (Å²) < 4.78 is 0. The summed E-state index contributed by atoms with van der Waals surface area (Å²) in [5.74, 6) is -2.22. The van der Waals surface area contributed by atoms with E-state index >= 15 is 0 Å². The Morgan fingerprint density at radius 2 is 1.78 bits per heavy atom. The normalized spacial score (nSPS) is 18.2. The van der Waals surface area contributed by atoms with Crippen LogP contribution in [0.25, 0.3) is 0 Å². The van der Waals surface area contributed by atoms with Gasteiger partial charge >= 0.3 is 5.97 Å². The van der Waals surface area contributed by atoms with E-state index in [1.54, 1.807) is 42.5 Å². The SMILES string of the molecule is O=C(O)CC(c1ccccc1)N(O)C1CC(=O)N(c2ccc(Cl)cc2)C1=O. The molecule has 3 rings (SSSR count). The Hall–Kier alpha value is -2.74. The van der Waals surface area contributed by atoms with Crippen LogP contribution in [0.4, 0.5) is 5.69 Å². The van der Waals surface area contributed by atoms with Crippen molar-refractivity contribution in [2.24, 2.45) is 0 Å². The first-order valence-corrected chi connectivity index (χ1v) is 8.62. The predicted molar refractivity (Wildman–Crippen MR) is 97.4 cm³/mol. The van der Waals surface area contributed by atoms with Crippen LogP contribution in [0.15, 0.2) is 54.6 Å². The molecule has 1 saturated heterocycles. The average molecular weight is 389 g/mol. The third kappa shape index (κ3) is 4.00. The minimum absolute atomic E-state index is 0.249. The van der Waals surface area contributed by atoms with E-state index in [4.69, 9.17) is 11.6 Å². The number of benzene rings is 2. The Morgan fingerprint density at radius 1 is 1.15 bits per heavy atom. The van der Waals surface area contributed by atoms with Gasteiger partial charge in [-0.25, -0.2) is 4.90 Å². The molecule has 2 unspecified atom stereocenters. The molecular formula is C19H17ClN2O5. The Morgan fingerprint density at radius 3 is 2.37 bits per heavy atom. The molecule has 8 heteroatoms. The molecule has 27 heavy (non-hydrogen) atoms. The molecule has 0 radical (unpaired) electrons. The number of carbonyl (C=O) groups excluding carboxylic acids is 2. The summed E-state index contributed by atoms with van der Waals surface area (Å²) in [7, 11) is 0. The molecular weight excluding hydrogens is 372 g/mol. The highest BCUT2D eigenvalue weighted by atomic mass is 35.5. The molecule has 0 bridgehead atoms. The first-order valence-electron chi connectivity index (χ1n) is 8.25. The molecule has 2 aromatic carbocycles. The van der Waals surface area contributed by atoms with Crippen LogP contribution >= 0.6 is 11.6 Å². The zero-order valence-corrected chi connectivity index (χ0v) is 14.9. The summed E-state index contributed by atoms with van der Waals surface area (Å²) in [5.41, 5.74) is 0.882. The lowest BCUT2D eigenvalue weighted by atomic mass is 10.0. The highest BCUT2D eigenvalue weighted by molar-refractivity contribution is 6.30. The lowest BCUT2D eigenvalue weighted by molar-refractivity contribution is -0.176. The number of carboxylic acid groups (broad SMARTS) is 1. The van der Waals surface area contributed by atoms with E-state index in [2.05, 4.69) is 0 Å². The van der Waals surface area contributed by atoms with Crippen molar-refractivity contribution in [2.45, 2.75) is 24.9 Å². The monoisotopic (exact) mass is 388 g/mol. The molecule has 1 heterocycles. The van der Waals surface area contributed by atoms with E-state index in [0.29, 0.717) is 21.3 Å². The van der Waals surface area contributed by atoms with Crippen molar-refractivity contribution < 1.29 is 24.7 Å². The largest absolute Gasteiger partial charge is 0.481 e. The third-order valence-electron chi connectivity index (χ3n) is 4.40. The van der Waals surface area contributed by atoms with Gasteiger partial charge in [-0.1, -0.05) is 41.9 Å².